The monoisotopic (exact) mass is 473 g/mol. The molecule has 0 aliphatic carbocycles. The molecule has 7 nitrogen and oxygen atoms in total. The van der Waals surface area contributed by atoms with Crippen LogP contribution in [-0.4, -0.2) is 32.5 Å². The lowest BCUT2D eigenvalue weighted by Gasteiger charge is -2.23. The predicted molar refractivity (Wildman–Crippen MR) is 122 cm³/mol. The number of aliphatic hydroxyl groups excluding tert-OH is 1. The predicted octanol–water partition coefficient (Wildman–Crippen LogP) is 4.88. The number of Topliss-reactive ketones (excluding diaryl/α,β-unsaturated/α-hetero) is 2. The Labute approximate surface area is 190 Å². The van der Waals surface area contributed by atoms with Crippen molar-refractivity contribution in [3.63, 3.8) is 0 Å². The van der Waals surface area contributed by atoms with Gasteiger partial charge in [-0.1, -0.05) is 11.3 Å². The van der Waals surface area contributed by atoms with Gasteiger partial charge in [-0.2, -0.15) is 0 Å². The van der Waals surface area contributed by atoms with Gasteiger partial charge in [0.1, 0.15) is 6.04 Å². The van der Waals surface area contributed by atoms with Crippen molar-refractivity contribution in [2.24, 2.45) is 0 Å². The number of thiophene rings is 1. The number of carbonyl (C=O) groups excluding carboxylic acids is 3. The summed E-state index contributed by atoms with van der Waals surface area (Å²) in [5, 5.41) is 13.7. The molecule has 4 heterocycles. The molecule has 1 N–H and O–H groups in total. The van der Waals surface area contributed by atoms with Crippen LogP contribution in [0.4, 0.5) is 5.13 Å². The van der Waals surface area contributed by atoms with E-state index in [9.17, 15) is 19.5 Å². The lowest BCUT2D eigenvalue weighted by molar-refractivity contribution is -0.117. The van der Waals surface area contributed by atoms with Gasteiger partial charge in [-0.15, -0.1) is 22.7 Å². The van der Waals surface area contributed by atoms with Crippen molar-refractivity contribution in [1.82, 2.24) is 9.97 Å². The third kappa shape index (κ3) is 3.44. The Hall–Kier alpha value is -2.69. The smallest absolute Gasteiger partial charge is 0.296 e. The Bertz CT molecular complexity index is 1280. The number of anilines is 1. The summed E-state index contributed by atoms with van der Waals surface area (Å²) in [6.45, 7) is 8.57. The molecule has 0 spiro atoms. The van der Waals surface area contributed by atoms with E-state index < -0.39 is 23.5 Å². The molecular formula is C21H19N3O4S3. The van der Waals surface area contributed by atoms with Gasteiger partial charge in [0.25, 0.3) is 5.91 Å². The summed E-state index contributed by atoms with van der Waals surface area (Å²) in [4.78, 5) is 50.3. The zero-order valence-corrected chi connectivity index (χ0v) is 19.9. The second-order valence-electron chi connectivity index (χ2n) is 7.25. The van der Waals surface area contributed by atoms with Gasteiger partial charge in [0, 0.05) is 11.8 Å². The molecule has 1 amide bonds. The maximum atomic E-state index is 13.5. The second kappa shape index (κ2) is 7.77. The van der Waals surface area contributed by atoms with Crippen molar-refractivity contribution >= 4 is 56.6 Å². The maximum absolute atomic E-state index is 13.5. The fraction of sp³-hybridized carbons (Fsp3) is 0.286. The SMILES string of the molecule is CC(=O)c1sc(N2C(=O)C(O)=C(C(=O)c3sc(C)nc3C)C2c2sccc2C)nc1C. The van der Waals surface area contributed by atoms with Gasteiger partial charge in [-0.3, -0.25) is 19.3 Å². The largest absolute Gasteiger partial charge is 0.503 e. The van der Waals surface area contributed by atoms with Crippen LogP contribution in [0.1, 0.15) is 59.1 Å². The number of aryl methyl sites for hydroxylation is 4. The molecule has 1 atom stereocenters. The van der Waals surface area contributed by atoms with Crippen LogP contribution in [0.15, 0.2) is 22.8 Å². The zero-order valence-electron chi connectivity index (χ0n) is 17.5. The summed E-state index contributed by atoms with van der Waals surface area (Å²) in [5.41, 5.74) is 1.98. The molecule has 1 aliphatic heterocycles. The number of hydrogen-bond acceptors (Lipinski definition) is 9. The molecule has 0 saturated carbocycles. The van der Waals surface area contributed by atoms with Gasteiger partial charge in [-0.25, -0.2) is 9.97 Å². The molecule has 31 heavy (non-hydrogen) atoms. The van der Waals surface area contributed by atoms with Gasteiger partial charge in [0.05, 0.1) is 31.7 Å². The van der Waals surface area contributed by atoms with Gasteiger partial charge >= 0.3 is 0 Å². The van der Waals surface area contributed by atoms with E-state index in [1.165, 1.54) is 34.5 Å². The van der Waals surface area contributed by atoms with E-state index in [0.29, 0.717) is 21.1 Å². The number of thiazole rings is 2. The molecule has 3 aromatic rings. The highest BCUT2D eigenvalue weighted by Gasteiger charge is 2.47. The van der Waals surface area contributed by atoms with E-state index in [-0.39, 0.29) is 16.5 Å². The van der Waals surface area contributed by atoms with E-state index in [0.717, 1.165) is 26.8 Å². The first-order valence-electron chi connectivity index (χ1n) is 9.39. The Morgan fingerprint density at radius 2 is 1.74 bits per heavy atom. The van der Waals surface area contributed by atoms with E-state index >= 15 is 0 Å². The highest BCUT2D eigenvalue weighted by atomic mass is 32.1. The average molecular weight is 474 g/mol. The standard InChI is InChI=1S/C21H19N3O4S3/c1-8-6-7-29-17(8)14-13(15(26)19-10(3)22-12(5)30-19)16(27)20(28)24(14)21-23-9(2)18(31-21)11(4)25/h6-7,14,27H,1-5H3. The molecule has 1 aliphatic rings. The van der Waals surface area contributed by atoms with Crippen LogP contribution >= 0.6 is 34.0 Å². The molecule has 0 fully saturated rings. The van der Waals surface area contributed by atoms with Crippen molar-refractivity contribution in [2.45, 2.75) is 40.7 Å². The van der Waals surface area contributed by atoms with Crippen LogP contribution in [0.25, 0.3) is 0 Å². The lowest BCUT2D eigenvalue weighted by atomic mass is 9.99. The van der Waals surface area contributed by atoms with E-state index in [4.69, 9.17) is 0 Å². The first kappa shape index (κ1) is 21.5. The Morgan fingerprint density at radius 1 is 1.06 bits per heavy atom. The summed E-state index contributed by atoms with van der Waals surface area (Å²) < 4.78 is 0. The highest BCUT2D eigenvalue weighted by molar-refractivity contribution is 7.18. The van der Waals surface area contributed by atoms with Crippen LogP contribution in [0.3, 0.4) is 0 Å². The van der Waals surface area contributed by atoms with Crippen molar-refractivity contribution in [3.8, 4) is 0 Å². The Kier molecular flexibility index (Phi) is 5.40. The van der Waals surface area contributed by atoms with Crippen LogP contribution in [0.5, 0.6) is 0 Å². The average Bonchev–Trinajstić information content (AvgIpc) is 3.42. The van der Waals surface area contributed by atoms with Gasteiger partial charge in [0.2, 0.25) is 5.78 Å². The number of aromatic nitrogens is 2. The van der Waals surface area contributed by atoms with Crippen molar-refractivity contribution in [2.75, 3.05) is 4.90 Å². The van der Waals surface area contributed by atoms with Crippen LogP contribution in [0, 0.1) is 27.7 Å². The fourth-order valence-electron chi connectivity index (χ4n) is 3.62. The quantitative estimate of drug-likeness (QED) is 0.530. The number of aliphatic hydroxyl groups is 1. The molecule has 4 rings (SSSR count). The molecule has 1 unspecified atom stereocenters. The second-order valence-corrected chi connectivity index (χ2v) is 10.4. The molecule has 0 aromatic carbocycles. The number of carbonyl (C=O) groups is 3. The molecule has 0 radical (unpaired) electrons. The van der Waals surface area contributed by atoms with Crippen LogP contribution in [0.2, 0.25) is 0 Å². The summed E-state index contributed by atoms with van der Waals surface area (Å²) in [6, 6.07) is 1.07. The molecule has 160 valence electrons. The normalized spacial score (nSPS) is 16.5. The summed E-state index contributed by atoms with van der Waals surface area (Å²) >= 11 is 3.72. The van der Waals surface area contributed by atoms with Crippen LogP contribution in [-0.2, 0) is 4.79 Å². The Morgan fingerprint density at radius 3 is 2.26 bits per heavy atom. The van der Waals surface area contributed by atoms with E-state index in [2.05, 4.69) is 9.97 Å². The molecule has 0 bridgehead atoms. The minimum absolute atomic E-state index is 0.0135. The maximum Gasteiger partial charge on any atom is 0.296 e. The van der Waals surface area contributed by atoms with Gasteiger partial charge < -0.3 is 5.11 Å². The topological polar surface area (TPSA) is 100 Å². The molecule has 10 heteroatoms. The minimum Gasteiger partial charge on any atom is -0.503 e. The third-order valence-electron chi connectivity index (χ3n) is 5.02. The lowest BCUT2D eigenvalue weighted by Crippen LogP contribution is -2.30. The molecular weight excluding hydrogens is 454 g/mol. The molecule has 0 saturated heterocycles. The van der Waals surface area contributed by atoms with Crippen molar-refractivity contribution in [1.29, 1.82) is 0 Å². The summed E-state index contributed by atoms with van der Waals surface area (Å²) in [5.74, 6) is -1.87. The van der Waals surface area contributed by atoms with Gasteiger partial charge in [-0.05, 0) is 44.7 Å². The molecule has 3 aromatic heterocycles. The number of ketones is 2. The first-order chi connectivity index (χ1) is 14.6. The number of hydrogen-bond donors (Lipinski definition) is 1. The first-order valence-corrected chi connectivity index (χ1v) is 11.9. The van der Waals surface area contributed by atoms with Gasteiger partial charge in [0.15, 0.2) is 16.7 Å². The number of rotatable bonds is 5. The fourth-order valence-corrected chi connectivity index (χ4v) is 6.51. The number of nitrogens with zero attached hydrogens (tertiary/aromatic N) is 3. The third-order valence-corrected chi connectivity index (χ3v) is 8.42. The van der Waals surface area contributed by atoms with E-state index in [1.54, 1.807) is 20.8 Å². The highest BCUT2D eigenvalue weighted by Crippen LogP contribution is 2.46. The number of amides is 1. The van der Waals surface area contributed by atoms with Crippen LogP contribution < -0.4 is 4.90 Å². The van der Waals surface area contributed by atoms with Crippen molar-refractivity contribution < 1.29 is 19.5 Å². The summed E-state index contributed by atoms with van der Waals surface area (Å²) in [6.07, 6.45) is 0. The Balaban J connectivity index is 1.90. The zero-order chi connectivity index (χ0) is 22.6. The minimum atomic E-state index is -0.827. The van der Waals surface area contributed by atoms with Crippen molar-refractivity contribution in [3.05, 3.63) is 59.4 Å². The van der Waals surface area contributed by atoms with E-state index in [1.807, 2.05) is 18.4 Å². The summed E-state index contributed by atoms with van der Waals surface area (Å²) in [7, 11) is 0.